The van der Waals surface area contributed by atoms with Gasteiger partial charge in [0.1, 0.15) is 5.60 Å². The number of esters is 2. The highest BCUT2D eigenvalue weighted by Crippen LogP contribution is 2.27. The van der Waals surface area contributed by atoms with Crippen molar-refractivity contribution in [1.82, 2.24) is 0 Å². The van der Waals surface area contributed by atoms with Crippen LogP contribution in [0.25, 0.3) is 0 Å². The lowest BCUT2D eigenvalue weighted by atomic mass is 9.91. The van der Waals surface area contributed by atoms with Gasteiger partial charge in [0.2, 0.25) is 0 Å². The summed E-state index contributed by atoms with van der Waals surface area (Å²) in [6, 6.07) is 0. The maximum atomic E-state index is 11.7. The fourth-order valence-electron chi connectivity index (χ4n) is 1.77. The Morgan fingerprint density at radius 1 is 1.00 bits per heavy atom. The number of rotatable bonds is 9. The summed E-state index contributed by atoms with van der Waals surface area (Å²) in [5, 5.41) is 0. The van der Waals surface area contributed by atoms with Crippen molar-refractivity contribution in [3.8, 4) is 0 Å². The normalized spacial score (nSPS) is 10.8. The van der Waals surface area contributed by atoms with Gasteiger partial charge in [0, 0.05) is 11.1 Å². The Kier molecular flexibility index (Phi) is 7.89. The highest BCUT2D eigenvalue weighted by molar-refractivity contribution is 5.87. The Bertz CT molecular complexity index is 378. The minimum atomic E-state index is -0.508. The van der Waals surface area contributed by atoms with Gasteiger partial charge >= 0.3 is 11.9 Å². The molecule has 0 aliphatic carbocycles. The van der Waals surface area contributed by atoms with Crippen molar-refractivity contribution in [1.29, 1.82) is 0 Å². The van der Waals surface area contributed by atoms with E-state index in [1.165, 1.54) is 0 Å². The molecule has 0 spiro atoms. The number of ether oxygens (including phenoxy) is 2. The highest BCUT2D eigenvalue weighted by Gasteiger charge is 2.30. The fraction of sp³-hybridized carbons (Fsp3) is 0.625. The van der Waals surface area contributed by atoms with Gasteiger partial charge in [0.15, 0.2) is 0 Å². The average molecular weight is 282 g/mol. The minimum Gasteiger partial charge on any atom is -0.462 e. The first-order valence-electron chi connectivity index (χ1n) is 6.99. The number of carbonyl (C=O) groups excluding carboxylic acids is 2. The number of carbonyl (C=O) groups is 2. The Labute approximate surface area is 121 Å². The summed E-state index contributed by atoms with van der Waals surface area (Å²) in [7, 11) is 0. The van der Waals surface area contributed by atoms with Gasteiger partial charge in [0.25, 0.3) is 0 Å². The van der Waals surface area contributed by atoms with E-state index in [-0.39, 0.29) is 11.9 Å². The predicted octanol–water partition coefficient (Wildman–Crippen LogP) is 3.56. The molecule has 0 atom stereocenters. The molecule has 0 aliphatic rings. The van der Waals surface area contributed by atoms with Crippen molar-refractivity contribution in [2.75, 3.05) is 6.61 Å². The van der Waals surface area contributed by atoms with Gasteiger partial charge in [-0.1, -0.05) is 27.0 Å². The summed E-state index contributed by atoms with van der Waals surface area (Å²) in [5.41, 5.74) is 0.270. The van der Waals surface area contributed by atoms with Crippen LogP contribution in [0.1, 0.15) is 53.4 Å². The van der Waals surface area contributed by atoms with Gasteiger partial charge in [0.05, 0.1) is 6.61 Å². The fourth-order valence-corrected chi connectivity index (χ4v) is 1.77. The molecule has 0 fully saturated rings. The second-order valence-electron chi connectivity index (χ2n) is 5.08. The van der Waals surface area contributed by atoms with Crippen molar-refractivity contribution in [2.24, 2.45) is 0 Å². The van der Waals surface area contributed by atoms with Gasteiger partial charge in [-0.15, -0.1) is 0 Å². The molecule has 114 valence electrons. The molecule has 0 amide bonds. The molecule has 0 aromatic carbocycles. The zero-order chi connectivity index (χ0) is 15.8. The summed E-state index contributed by atoms with van der Waals surface area (Å²) in [6.45, 7) is 14.6. The smallest absolute Gasteiger partial charge is 0.333 e. The molecule has 0 radical (unpaired) electrons. The Hall–Kier alpha value is -1.58. The molecule has 0 N–H and O–H groups in total. The molecular weight excluding hydrogens is 256 g/mol. The standard InChI is InChI=1S/C16H26O4/c1-7-16(8-2,20-15(18)13(5)6)10-9-11-19-14(17)12(3)4/h3,5,7-11H2,1-2,4,6H3. The van der Waals surface area contributed by atoms with Crippen molar-refractivity contribution >= 4 is 11.9 Å². The van der Waals surface area contributed by atoms with E-state index in [1.54, 1.807) is 13.8 Å². The Morgan fingerprint density at radius 2 is 1.50 bits per heavy atom. The second kappa shape index (κ2) is 8.56. The molecule has 0 unspecified atom stereocenters. The molecule has 0 bridgehead atoms. The number of hydrogen-bond acceptors (Lipinski definition) is 4. The SMILES string of the molecule is C=C(C)C(=O)OCCCC(CC)(CC)OC(=O)C(=C)C. The lowest BCUT2D eigenvalue weighted by Gasteiger charge is -2.31. The number of hydrogen-bond donors (Lipinski definition) is 0. The van der Waals surface area contributed by atoms with Crippen LogP contribution in [0.15, 0.2) is 24.3 Å². The van der Waals surface area contributed by atoms with E-state index < -0.39 is 5.60 Å². The summed E-state index contributed by atoms with van der Waals surface area (Å²) in [5.74, 6) is -0.754. The quantitative estimate of drug-likeness (QED) is 0.368. The summed E-state index contributed by atoms with van der Waals surface area (Å²) in [6.07, 6.45) is 2.74. The topological polar surface area (TPSA) is 52.6 Å². The van der Waals surface area contributed by atoms with Crippen LogP contribution in [0.5, 0.6) is 0 Å². The third-order valence-corrected chi connectivity index (χ3v) is 3.30. The van der Waals surface area contributed by atoms with Crippen LogP contribution in [0.4, 0.5) is 0 Å². The molecule has 0 aliphatic heterocycles. The van der Waals surface area contributed by atoms with Crippen LogP contribution in [0.3, 0.4) is 0 Å². The molecule has 0 heterocycles. The Balaban J connectivity index is 4.40. The maximum absolute atomic E-state index is 11.7. The van der Waals surface area contributed by atoms with E-state index in [0.717, 1.165) is 12.8 Å². The molecule has 0 aromatic heterocycles. The summed E-state index contributed by atoms with van der Waals surface area (Å²) < 4.78 is 10.6. The van der Waals surface area contributed by atoms with E-state index >= 15 is 0 Å². The summed E-state index contributed by atoms with van der Waals surface area (Å²) >= 11 is 0. The van der Waals surface area contributed by atoms with Gasteiger partial charge in [-0.25, -0.2) is 9.59 Å². The predicted molar refractivity (Wildman–Crippen MR) is 79.2 cm³/mol. The zero-order valence-corrected chi connectivity index (χ0v) is 13.1. The molecule has 4 heteroatoms. The molecule has 20 heavy (non-hydrogen) atoms. The molecule has 4 nitrogen and oxygen atoms in total. The van der Waals surface area contributed by atoms with E-state index in [2.05, 4.69) is 13.2 Å². The van der Waals surface area contributed by atoms with Crippen molar-refractivity contribution < 1.29 is 19.1 Å². The first kappa shape index (κ1) is 18.4. The van der Waals surface area contributed by atoms with Crippen LogP contribution in [-0.4, -0.2) is 24.1 Å². The van der Waals surface area contributed by atoms with Gasteiger partial charge in [-0.3, -0.25) is 0 Å². The van der Waals surface area contributed by atoms with E-state index in [4.69, 9.17) is 9.47 Å². The monoisotopic (exact) mass is 282 g/mol. The summed E-state index contributed by atoms with van der Waals surface area (Å²) in [4.78, 5) is 22.9. The average Bonchev–Trinajstić information content (AvgIpc) is 2.41. The van der Waals surface area contributed by atoms with Crippen LogP contribution >= 0.6 is 0 Å². The molecule has 0 saturated carbocycles. The molecule has 0 rings (SSSR count). The molecular formula is C16H26O4. The minimum absolute atomic E-state index is 0.304. The zero-order valence-electron chi connectivity index (χ0n) is 13.1. The largest absolute Gasteiger partial charge is 0.462 e. The first-order valence-corrected chi connectivity index (χ1v) is 6.99. The van der Waals surface area contributed by atoms with Crippen LogP contribution < -0.4 is 0 Å². The lowest BCUT2D eigenvalue weighted by Crippen LogP contribution is -2.34. The van der Waals surface area contributed by atoms with E-state index in [9.17, 15) is 9.59 Å². The molecule has 0 saturated heterocycles. The third kappa shape index (κ3) is 6.04. The first-order chi connectivity index (χ1) is 9.28. The van der Waals surface area contributed by atoms with Crippen LogP contribution in [0.2, 0.25) is 0 Å². The maximum Gasteiger partial charge on any atom is 0.333 e. The van der Waals surface area contributed by atoms with Gasteiger partial charge in [-0.2, -0.15) is 0 Å². The van der Waals surface area contributed by atoms with Gasteiger partial charge < -0.3 is 9.47 Å². The Morgan fingerprint density at radius 3 is 1.90 bits per heavy atom. The van der Waals surface area contributed by atoms with Crippen molar-refractivity contribution in [2.45, 2.75) is 59.0 Å². The van der Waals surface area contributed by atoms with Crippen molar-refractivity contribution in [3.05, 3.63) is 24.3 Å². The van der Waals surface area contributed by atoms with E-state index in [0.29, 0.717) is 30.6 Å². The lowest BCUT2D eigenvalue weighted by molar-refractivity contribution is -0.157. The van der Waals surface area contributed by atoms with E-state index in [1.807, 2.05) is 13.8 Å². The third-order valence-electron chi connectivity index (χ3n) is 3.30. The van der Waals surface area contributed by atoms with Crippen LogP contribution in [-0.2, 0) is 19.1 Å². The van der Waals surface area contributed by atoms with Gasteiger partial charge in [-0.05, 0) is 39.5 Å². The second-order valence-corrected chi connectivity index (χ2v) is 5.08. The molecule has 0 aromatic rings. The van der Waals surface area contributed by atoms with Crippen LogP contribution in [0, 0.1) is 0 Å². The highest BCUT2D eigenvalue weighted by atomic mass is 16.6. The van der Waals surface area contributed by atoms with Crippen molar-refractivity contribution in [3.63, 3.8) is 0 Å².